The molecule has 57 heavy (non-hydrogen) atoms. The van der Waals surface area contributed by atoms with Gasteiger partial charge in [0, 0.05) is 82.8 Å². The number of hydrogen-bond acceptors (Lipinski definition) is 6. The van der Waals surface area contributed by atoms with Gasteiger partial charge in [-0.3, -0.25) is 0 Å². The molecule has 0 spiro atoms. The third-order valence-electron chi connectivity index (χ3n) is 10.9. The van der Waals surface area contributed by atoms with Crippen molar-refractivity contribution in [3.63, 3.8) is 0 Å². The van der Waals surface area contributed by atoms with Crippen LogP contribution in [0.25, 0.3) is 117 Å². The molecule has 0 saturated carbocycles. The monoisotopic (exact) mass is 779 g/mol. The average Bonchev–Trinajstić information content (AvgIpc) is 3.97. The molecule has 0 amide bonds. The van der Waals surface area contributed by atoms with Crippen LogP contribution in [0.2, 0.25) is 0 Å². The minimum atomic E-state index is 0.663. The normalized spacial score (nSPS) is 11.9. The van der Waals surface area contributed by atoms with Gasteiger partial charge < -0.3 is 0 Å². The van der Waals surface area contributed by atoms with E-state index in [4.69, 9.17) is 15.0 Å². The molecule has 0 N–H and O–H groups in total. The standard InChI is InChI=1S/C51H29N3S3/c1-3-13-30(14-4-1)49-52-50(31-15-5-2-6-16-31)54-51(53-49)39-21-11-20-38-46-34(19-12-24-44(46)57-47(38)39)33-27-40(48-41(28-33)36-18-8-10-23-43(36)56-48)32-25-26-37-35-17-7-9-22-42(35)55-45(37)29-32/h1-29H. The summed E-state index contributed by atoms with van der Waals surface area (Å²) in [6, 6.07) is 63.1. The zero-order chi connectivity index (χ0) is 37.5. The van der Waals surface area contributed by atoms with Gasteiger partial charge in [0.2, 0.25) is 0 Å². The smallest absolute Gasteiger partial charge is 0.165 e. The van der Waals surface area contributed by atoms with Crippen molar-refractivity contribution in [3.8, 4) is 56.4 Å². The average molecular weight is 780 g/mol. The Balaban J connectivity index is 1.08. The number of fused-ring (bicyclic) bond motifs is 9. The van der Waals surface area contributed by atoms with Gasteiger partial charge in [0.15, 0.2) is 17.5 Å². The predicted octanol–water partition coefficient (Wildman–Crippen LogP) is 15.3. The Bertz CT molecular complexity index is 3470. The van der Waals surface area contributed by atoms with Crippen LogP contribution in [-0.4, -0.2) is 15.0 Å². The van der Waals surface area contributed by atoms with E-state index in [-0.39, 0.29) is 0 Å². The Labute approximate surface area is 339 Å². The van der Waals surface area contributed by atoms with Crippen LogP contribution in [0, 0.1) is 0 Å². The second-order valence-electron chi connectivity index (χ2n) is 14.3. The summed E-state index contributed by atoms with van der Waals surface area (Å²) in [5.74, 6) is 2.00. The van der Waals surface area contributed by atoms with Gasteiger partial charge in [-0.25, -0.2) is 15.0 Å². The molecule has 4 aromatic heterocycles. The number of benzene rings is 8. The van der Waals surface area contributed by atoms with Crippen molar-refractivity contribution in [2.75, 3.05) is 0 Å². The van der Waals surface area contributed by atoms with Crippen LogP contribution >= 0.6 is 34.0 Å². The van der Waals surface area contributed by atoms with Crippen LogP contribution in [0.15, 0.2) is 176 Å². The van der Waals surface area contributed by atoms with Crippen LogP contribution in [0.4, 0.5) is 0 Å². The largest absolute Gasteiger partial charge is 0.208 e. The topological polar surface area (TPSA) is 38.7 Å². The number of hydrogen-bond donors (Lipinski definition) is 0. The van der Waals surface area contributed by atoms with Gasteiger partial charge in [0.1, 0.15) is 0 Å². The molecule has 0 saturated heterocycles. The van der Waals surface area contributed by atoms with E-state index in [2.05, 4.69) is 140 Å². The molecule has 0 bridgehead atoms. The predicted molar refractivity (Wildman–Crippen MR) is 246 cm³/mol. The molecular formula is C51H29N3S3. The molecule has 0 radical (unpaired) electrons. The summed E-state index contributed by atoms with van der Waals surface area (Å²) in [7, 11) is 0. The van der Waals surface area contributed by atoms with Crippen molar-refractivity contribution >= 4 is 94.5 Å². The van der Waals surface area contributed by atoms with Crippen molar-refractivity contribution in [3.05, 3.63) is 176 Å². The minimum absolute atomic E-state index is 0.663. The highest BCUT2D eigenvalue weighted by atomic mass is 32.1. The van der Waals surface area contributed by atoms with E-state index in [1.165, 1.54) is 82.8 Å². The zero-order valence-corrected chi connectivity index (χ0v) is 32.8. The highest BCUT2D eigenvalue weighted by Gasteiger charge is 2.20. The van der Waals surface area contributed by atoms with Crippen LogP contribution in [0.5, 0.6) is 0 Å². The van der Waals surface area contributed by atoms with Gasteiger partial charge in [-0.1, -0.05) is 133 Å². The van der Waals surface area contributed by atoms with E-state index >= 15 is 0 Å². The fourth-order valence-electron chi connectivity index (χ4n) is 8.28. The lowest BCUT2D eigenvalue weighted by Crippen LogP contribution is -2.00. The lowest BCUT2D eigenvalue weighted by molar-refractivity contribution is 1.08. The molecule has 12 rings (SSSR count). The summed E-state index contributed by atoms with van der Waals surface area (Å²) in [5.41, 5.74) is 7.88. The molecule has 8 aromatic carbocycles. The molecule has 12 aromatic rings. The zero-order valence-electron chi connectivity index (χ0n) is 30.3. The van der Waals surface area contributed by atoms with Gasteiger partial charge in [-0.15, -0.1) is 34.0 Å². The molecule has 266 valence electrons. The third-order valence-corrected chi connectivity index (χ3v) is 14.5. The van der Waals surface area contributed by atoms with Crippen molar-refractivity contribution in [2.24, 2.45) is 0 Å². The summed E-state index contributed by atoms with van der Waals surface area (Å²) >= 11 is 5.58. The molecule has 6 heteroatoms. The fourth-order valence-corrected chi connectivity index (χ4v) is 11.9. The first-order valence-corrected chi connectivity index (χ1v) is 21.4. The van der Waals surface area contributed by atoms with Crippen LogP contribution in [0.3, 0.4) is 0 Å². The highest BCUT2D eigenvalue weighted by molar-refractivity contribution is 7.27. The molecule has 0 aliphatic carbocycles. The first-order valence-electron chi connectivity index (χ1n) is 18.9. The number of nitrogens with zero attached hydrogens (tertiary/aromatic N) is 3. The minimum Gasteiger partial charge on any atom is -0.208 e. The molecular weight excluding hydrogens is 751 g/mol. The molecule has 4 heterocycles. The van der Waals surface area contributed by atoms with Crippen LogP contribution < -0.4 is 0 Å². The van der Waals surface area contributed by atoms with Crippen molar-refractivity contribution < 1.29 is 0 Å². The van der Waals surface area contributed by atoms with Gasteiger partial charge in [0.05, 0.1) is 0 Å². The Morgan fingerprint density at radius 2 is 0.825 bits per heavy atom. The quantitative estimate of drug-likeness (QED) is 0.175. The fraction of sp³-hybridized carbons (Fsp3) is 0. The summed E-state index contributed by atoms with van der Waals surface area (Å²) in [6.45, 7) is 0. The lowest BCUT2D eigenvalue weighted by Gasteiger charge is -2.11. The Hall–Kier alpha value is -6.57. The first-order chi connectivity index (χ1) is 28.2. The molecule has 3 nitrogen and oxygen atoms in total. The maximum Gasteiger partial charge on any atom is 0.165 e. The number of aromatic nitrogens is 3. The summed E-state index contributed by atoms with van der Waals surface area (Å²) < 4.78 is 7.67. The third kappa shape index (κ3) is 5.33. The summed E-state index contributed by atoms with van der Waals surface area (Å²) in [4.78, 5) is 15.2. The van der Waals surface area contributed by atoms with Crippen molar-refractivity contribution in [1.29, 1.82) is 0 Å². The van der Waals surface area contributed by atoms with E-state index in [1.54, 1.807) is 0 Å². The molecule has 0 fully saturated rings. The Kier molecular flexibility index (Phi) is 7.45. The van der Waals surface area contributed by atoms with E-state index in [9.17, 15) is 0 Å². The number of thiophene rings is 3. The van der Waals surface area contributed by atoms with Crippen molar-refractivity contribution in [1.82, 2.24) is 15.0 Å². The van der Waals surface area contributed by atoms with E-state index < -0.39 is 0 Å². The lowest BCUT2D eigenvalue weighted by atomic mass is 9.93. The first kappa shape index (κ1) is 32.7. The second kappa shape index (κ2) is 13.0. The molecule has 0 unspecified atom stereocenters. The SMILES string of the molecule is c1ccc(-c2nc(-c3ccccc3)nc(-c3cccc4c3sc3cccc(-c5cc(-c6ccc7c(c6)sc6ccccc67)c6sc7ccccc7c6c5)c34)n2)cc1. The van der Waals surface area contributed by atoms with Gasteiger partial charge >= 0.3 is 0 Å². The molecule has 0 atom stereocenters. The maximum absolute atomic E-state index is 5.12. The Morgan fingerprint density at radius 1 is 0.281 bits per heavy atom. The van der Waals surface area contributed by atoms with E-state index in [0.717, 1.165) is 16.7 Å². The van der Waals surface area contributed by atoms with E-state index in [1.807, 2.05) is 70.4 Å². The van der Waals surface area contributed by atoms with Crippen LogP contribution in [-0.2, 0) is 0 Å². The number of rotatable bonds is 5. The van der Waals surface area contributed by atoms with Gasteiger partial charge in [0.25, 0.3) is 0 Å². The van der Waals surface area contributed by atoms with Crippen LogP contribution in [0.1, 0.15) is 0 Å². The summed E-state index contributed by atoms with van der Waals surface area (Å²) in [5, 5.41) is 7.69. The van der Waals surface area contributed by atoms with Gasteiger partial charge in [-0.2, -0.15) is 0 Å². The molecule has 0 aliphatic rings. The molecule has 0 aliphatic heterocycles. The van der Waals surface area contributed by atoms with Crippen molar-refractivity contribution in [2.45, 2.75) is 0 Å². The maximum atomic E-state index is 5.12. The highest BCUT2D eigenvalue weighted by Crippen LogP contribution is 2.48. The Morgan fingerprint density at radius 3 is 1.58 bits per heavy atom. The van der Waals surface area contributed by atoms with Gasteiger partial charge in [-0.05, 0) is 59.2 Å². The summed E-state index contributed by atoms with van der Waals surface area (Å²) in [6.07, 6.45) is 0. The second-order valence-corrected chi connectivity index (χ2v) is 17.5. The van der Waals surface area contributed by atoms with E-state index in [0.29, 0.717) is 17.5 Å².